The summed E-state index contributed by atoms with van der Waals surface area (Å²) in [6.07, 6.45) is 0. The van der Waals surface area contributed by atoms with Crippen molar-refractivity contribution in [2.75, 3.05) is 50.0 Å². The number of hydrogen-bond acceptors (Lipinski definition) is 4. The summed E-state index contributed by atoms with van der Waals surface area (Å²) in [7, 11) is 2.14. The number of hydrogen-bond donors (Lipinski definition) is 2. The van der Waals surface area contributed by atoms with Crippen molar-refractivity contribution >= 4 is 23.2 Å². The summed E-state index contributed by atoms with van der Waals surface area (Å²) in [6.45, 7) is 7.92. The van der Waals surface area contributed by atoms with Crippen LogP contribution in [0.3, 0.4) is 0 Å². The maximum Gasteiger partial charge on any atom is 0.251 e. The van der Waals surface area contributed by atoms with Gasteiger partial charge in [0.15, 0.2) is 0 Å². The number of carbonyl (C=O) groups excluding carboxylic acids is 2. The molecule has 28 heavy (non-hydrogen) atoms. The minimum absolute atomic E-state index is 0.0627. The monoisotopic (exact) mass is 380 g/mol. The SMILES string of the molecule is Cc1cc(N2CCN(C)CC2)ccc1NC(=O)CNC(=O)c1ccccc1C. The van der Waals surface area contributed by atoms with E-state index in [0.717, 1.165) is 43.0 Å². The molecule has 148 valence electrons. The topological polar surface area (TPSA) is 64.7 Å². The van der Waals surface area contributed by atoms with Crippen molar-refractivity contribution in [3.05, 3.63) is 59.2 Å². The fourth-order valence-electron chi connectivity index (χ4n) is 3.33. The standard InChI is InChI=1S/C22H28N4O2/c1-16-6-4-5-7-19(16)22(28)23-15-21(27)24-20-9-8-18(14-17(20)2)26-12-10-25(3)11-13-26/h4-9,14H,10-13,15H2,1-3H3,(H,23,28)(H,24,27). The molecule has 3 rings (SSSR count). The van der Waals surface area contributed by atoms with Crippen LogP contribution in [-0.4, -0.2) is 56.5 Å². The van der Waals surface area contributed by atoms with E-state index in [-0.39, 0.29) is 18.4 Å². The molecule has 0 saturated carbocycles. The van der Waals surface area contributed by atoms with Crippen LogP contribution in [0.1, 0.15) is 21.5 Å². The van der Waals surface area contributed by atoms with E-state index >= 15 is 0 Å². The molecule has 6 nitrogen and oxygen atoms in total. The van der Waals surface area contributed by atoms with Gasteiger partial charge in [-0.3, -0.25) is 9.59 Å². The number of rotatable bonds is 5. The van der Waals surface area contributed by atoms with Crippen molar-refractivity contribution in [3.63, 3.8) is 0 Å². The van der Waals surface area contributed by atoms with E-state index in [2.05, 4.69) is 33.5 Å². The van der Waals surface area contributed by atoms with Gasteiger partial charge in [-0.15, -0.1) is 0 Å². The van der Waals surface area contributed by atoms with Crippen molar-refractivity contribution in [2.45, 2.75) is 13.8 Å². The number of piperazine rings is 1. The van der Waals surface area contributed by atoms with E-state index in [0.29, 0.717) is 5.56 Å². The number of amides is 2. The fraction of sp³-hybridized carbons (Fsp3) is 0.364. The quantitative estimate of drug-likeness (QED) is 0.836. The van der Waals surface area contributed by atoms with Crippen LogP contribution in [0.25, 0.3) is 0 Å². The van der Waals surface area contributed by atoms with Gasteiger partial charge >= 0.3 is 0 Å². The molecule has 0 aromatic heterocycles. The van der Waals surface area contributed by atoms with E-state index in [1.807, 2.05) is 44.2 Å². The molecular weight excluding hydrogens is 352 g/mol. The second kappa shape index (κ2) is 8.89. The molecule has 1 saturated heterocycles. The molecule has 0 radical (unpaired) electrons. The molecule has 0 unspecified atom stereocenters. The largest absolute Gasteiger partial charge is 0.369 e. The highest BCUT2D eigenvalue weighted by molar-refractivity contribution is 6.00. The minimum atomic E-state index is -0.240. The minimum Gasteiger partial charge on any atom is -0.369 e. The molecule has 1 aliphatic rings. The smallest absolute Gasteiger partial charge is 0.251 e. The number of nitrogens with one attached hydrogen (secondary N) is 2. The highest BCUT2D eigenvalue weighted by Crippen LogP contribution is 2.23. The molecule has 1 aliphatic heterocycles. The fourth-order valence-corrected chi connectivity index (χ4v) is 3.33. The van der Waals surface area contributed by atoms with Gasteiger partial charge in [-0.1, -0.05) is 18.2 Å². The predicted molar refractivity (Wildman–Crippen MR) is 113 cm³/mol. The van der Waals surface area contributed by atoms with Crippen molar-refractivity contribution in [1.29, 1.82) is 0 Å². The van der Waals surface area contributed by atoms with Crippen LogP contribution in [0.2, 0.25) is 0 Å². The highest BCUT2D eigenvalue weighted by atomic mass is 16.2. The summed E-state index contributed by atoms with van der Waals surface area (Å²) in [5.41, 5.74) is 4.43. The van der Waals surface area contributed by atoms with Gasteiger partial charge in [0.1, 0.15) is 0 Å². The first-order chi connectivity index (χ1) is 13.4. The summed E-state index contributed by atoms with van der Waals surface area (Å²) in [6, 6.07) is 13.4. The molecule has 2 aromatic carbocycles. The lowest BCUT2D eigenvalue weighted by molar-refractivity contribution is -0.115. The molecule has 0 bridgehead atoms. The van der Waals surface area contributed by atoms with Crippen LogP contribution in [0.5, 0.6) is 0 Å². The molecule has 0 aliphatic carbocycles. The lowest BCUT2D eigenvalue weighted by atomic mass is 10.1. The first-order valence-electron chi connectivity index (χ1n) is 9.62. The van der Waals surface area contributed by atoms with Crippen molar-refractivity contribution in [1.82, 2.24) is 10.2 Å². The molecule has 0 spiro atoms. The molecular formula is C22H28N4O2. The third-order valence-corrected chi connectivity index (χ3v) is 5.15. The van der Waals surface area contributed by atoms with E-state index < -0.39 is 0 Å². The highest BCUT2D eigenvalue weighted by Gasteiger charge is 2.15. The van der Waals surface area contributed by atoms with Gasteiger partial charge < -0.3 is 20.4 Å². The Bertz CT molecular complexity index is 857. The van der Waals surface area contributed by atoms with Crippen molar-refractivity contribution < 1.29 is 9.59 Å². The Balaban J connectivity index is 1.55. The maximum atomic E-state index is 12.3. The van der Waals surface area contributed by atoms with Crippen LogP contribution in [0.15, 0.2) is 42.5 Å². The molecule has 1 fully saturated rings. The normalized spacial score (nSPS) is 14.6. The van der Waals surface area contributed by atoms with Crippen molar-refractivity contribution in [2.24, 2.45) is 0 Å². The molecule has 2 amide bonds. The molecule has 1 heterocycles. The van der Waals surface area contributed by atoms with Crippen LogP contribution in [0, 0.1) is 13.8 Å². The lowest BCUT2D eigenvalue weighted by Gasteiger charge is -2.34. The number of anilines is 2. The first kappa shape index (κ1) is 19.9. The molecule has 2 N–H and O–H groups in total. The lowest BCUT2D eigenvalue weighted by Crippen LogP contribution is -2.44. The second-order valence-corrected chi connectivity index (χ2v) is 7.34. The Kier molecular flexibility index (Phi) is 6.31. The van der Waals surface area contributed by atoms with Gasteiger partial charge in [0, 0.05) is 43.1 Å². The van der Waals surface area contributed by atoms with Crippen molar-refractivity contribution in [3.8, 4) is 0 Å². The zero-order chi connectivity index (χ0) is 20.1. The summed E-state index contributed by atoms with van der Waals surface area (Å²) < 4.78 is 0. The molecule has 2 aromatic rings. The first-order valence-corrected chi connectivity index (χ1v) is 9.62. The van der Waals surface area contributed by atoms with Gasteiger partial charge in [-0.05, 0) is 56.3 Å². The number of carbonyl (C=O) groups is 2. The maximum absolute atomic E-state index is 12.3. The van der Waals surface area contributed by atoms with Gasteiger partial charge in [-0.2, -0.15) is 0 Å². The van der Waals surface area contributed by atoms with Crippen LogP contribution >= 0.6 is 0 Å². The third-order valence-electron chi connectivity index (χ3n) is 5.15. The summed E-state index contributed by atoms with van der Waals surface area (Å²) >= 11 is 0. The molecule has 6 heteroatoms. The zero-order valence-corrected chi connectivity index (χ0v) is 16.8. The number of nitrogens with zero attached hydrogens (tertiary/aromatic N) is 2. The van der Waals surface area contributed by atoms with E-state index in [1.54, 1.807) is 6.07 Å². The number of likely N-dealkylation sites (N-methyl/N-ethyl adjacent to an activating group) is 1. The second-order valence-electron chi connectivity index (χ2n) is 7.34. The Morgan fingerprint density at radius 2 is 1.68 bits per heavy atom. The Morgan fingerprint density at radius 3 is 2.36 bits per heavy atom. The summed E-state index contributed by atoms with van der Waals surface area (Å²) in [5, 5.41) is 5.57. The van der Waals surface area contributed by atoms with Crippen LogP contribution in [-0.2, 0) is 4.79 Å². The zero-order valence-electron chi connectivity index (χ0n) is 16.8. The van der Waals surface area contributed by atoms with Gasteiger partial charge in [-0.25, -0.2) is 0 Å². The van der Waals surface area contributed by atoms with E-state index in [1.165, 1.54) is 5.69 Å². The van der Waals surface area contributed by atoms with E-state index in [9.17, 15) is 9.59 Å². The number of benzene rings is 2. The van der Waals surface area contributed by atoms with Crippen LogP contribution in [0.4, 0.5) is 11.4 Å². The Labute approximate surface area is 166 Å². The average Bonchev–Trinajstić information content (AvgIpc) is 2.68. The Hall–Kier alpha value is -2.86. The molecule has 0 atom stereocenters. The average molecular weight is 380 g/mol. The van der Waals surface area contributed by atoms with E-state index in [4.69, 9.17) is 0 Å². The number of aryl methyl sites for hydroxylation is 2. The predicted octanol–water partition coefficient (Wildman–Crippen LogP) is 2.42. The van der Waals surface area contributed by atoms with Crippen LogP contribution < -0.4 is 15.5 Å². The summed E-state index contributed by atoms with van der Waals surface area (Å²) in [5.74, 6) is -0.479. The third kappa shape index (κ3) is 4.89. The summed E-state index contributed by atoms with van der Waals surface area (Å²) in [4.78, 5) is 29.2. The van der Waals surface area contributed by atoms with Gasteiger partial charge in [0.25, 0.3) is 5.91 Å². The Morgan fingerprint density at radius 1 is 0.964 bits per heavy atom. The van der Waals surface area contributed by atoms with Gasteiger partial charge in [0.05, 0.1) is 6.54 Å². The van der Waals surface area contributed by atoms with Gasteiger partial charge in [0.2, 0.25) is 5.91 Å².